The summed E-state index contributed by atoms with van der Waals surface area (Å²) in [7, 11) is 1.40. The summed E-state index contributed by atoms with van der Waals surface area (Å²) in [5.41, 5.74) is 2.93. The molecule has 136 valence electrons. The third kappa shape index (κ3) is 3.56. The molecule has 1 amide bonds. The Morgan fingerprint density at radius 1 is 1.24 bits per heavy atom. The lowest BCUT2D eigenvalue weighted by atomic mass is 9.84. The van der Waals surface area contributed by atoms with Gasteiger partial charge < -0.3 is 15.0 Å². The smallest absolute Gasteiger partial charge is 0.337 e. The maximum Gasteiger partial charge on any atom is 0.337 e. The highest BCUT2D eigenvalue weighted by Crippen LogP contribution is 2.37. The van der Waals surface area contributed by atoms with Gasteiger partial charge >= 0.3 is 5.97 Å². The number of hydrogen-bond donors (Lipinski definition) is 1. The summed E-state index contributed by atoms with van der Waals surface area (Å²) in [5, 5.41) is 3.33. The minimum Gasteiger partial charge on any atom is -0.465 e. The Morgan fingerprint density at radius 2 is 1.96 bits per heavy atom. The highest BCUT2D eigenvalue weighted by Gasteiger charge is 2.36. The van der Waals surface area contributed by atoms with Gasteiger partial charge in [-0.05, 0) is 61.5 Å². The summed E-state index contributed by atoms with van der Waals surface area (Å²) in [4.78, 5) is 27.0. The van der Waals surface area contributed by atoms with Crippen molar-refractivity contribution < 1.29 is 14.3 Å². The molecular formula is C20H28N2O3. The minimum absolute atomic E-state index is 0.0813. The van der Waals surface area contributed by atoms with E-state index in [0.717, 1.165) is 44.5 Å². The van der Waals surface area contributed by atoms with Crippen molar-refractivity contribution in [2.45, 2.75) is 39.2 Å². The summed E-state index contributed by atoms with van der Waals surface area (Å²) in [5.74, 6) is 0.451. The van der Waals surface area contributed by atoms with Crippen molar-refractivity contribution >= 4 is 11.9 Å². The zero-order valence-electron chi connectivity index (χ0n) is 15.4. The van der Waals surface area contributed by atoms with E-state index in [1.165, 1.54) is 12.7 Å². The lowest BCUT2D eigenvalue weighted by Gasteiger charge is -2.42. The second kappa shape index (κ2) is 7.56. The van der Waals surface area contributed by atoms with Gasteiger partial charge in [-0.15, -0.1) is 0 Å². The number of ether oxygens (including phenoxy) is 1. The first-order valence-electron chi connectivity index (χ1n) is 9.25. The normalized spacial score (nSPS) is 21.1. The quantitative estimate of drug-likeness (QED) is 0.856. The van der Waals surface area contributed by atoms with Crippen LogP contribution in [0.15, 0.2) is 18.2 Å². The van der Waals surface area contributed by atoms with Crippen molar-refractivity contribution in [2.24, 2.45) is 11.8 Å². The van der Waals surface area contributed by atoms with E-state index in [2.05, 4.69) is 24.1 Å². The Hall–Kier alpha value is -1.88. The van der Waals surface area contributed by atoms with Gasteiger partial charge in [-0.1, -0.05) is 19.9 Å². The van der Waals surface area contributed by atoms with Gasteiger partial charge in [0, 0.05) is 12.5 Å². The predicted molar refractivity (Wildman–Crippen MR) is 96.4 cm³/mol. The van der Waals surface area contributed by atoms with E-state index in [1.54, 1.807) is 0 Å². The first-order chi connectivity index (χ1) is 12.0. The van der Waals surface area contributed by atoms with Gasteiger partial charge in [0.1, 0.15) is 0 Å². The zero-order chi connectivity index (χ0) is 18.0. The Balaban J connectivity index is 1.88. The number of benzene rings is 1. The number of nitrogens with zero attached hydrogens (tertiary/aromatic N) is 1. The number of esters is 1. The van der Waals surface area contributed by atoms with Gasteiger partial charge in [0.05, 0.1) is 18.7 Å². The summed E-state index contributed by atoms with van der Waals surface area (Å²) in [6, 6.07) is 5.84. The molecule has 1 fully saturated rings. The van der Waals surface area contributed by atoms with Gasteiger partial charge in [0.2, 0.25) is 5.91 Å². The number of piperidine rings is 1. The monoisotopic (exact) mass is 344 g/mol. The van der Waals surface area contributed by atoms with Gasteiger partial charge in [-0.25, -0.2) is 4.79 Å². The topological polar surface area (TPSA) is 58.6 Å². The molecule has 0 aliphatic carbocycles. The van der Waals surface area contributed by atoms with E-state index in [-0.39, 0.29) is 17.9 Å². The van der Waals surface area contributed by atoms with Gasteiger partial charge in [0.15, 0.2) is 0 Å². The van der Waals surface area contributed by atoms with Crippen molar-refractivity contribution in [3.63, 3.8) is 0 Å². The minimum atomic E-state index is -0.308. The molecule has 1 N–H and O–H groups in total. The largest absolute Gasteiger partial charge is 0.465 e. The molecule has 5 heteroatoms. The molecule has 1 saturated heterocycles. The van der Waals surface area contributed by atoms with Crippen LogP contribution in [0.5, 0.6) is 0 Å². The van der Waals surface area contributed by atoms with Crippen molar-refractivity contribution in [3.8, 4) is 0 Å². The Kier molecular flexibility index (Phi) is 5.42. The molecule has 2 aliphatic rings. The van der Waals surface area contributed by atoms with Crippen LogP contribution in [-0.4, -0.2) is 43.5 Å². The van der Waals surface area contributed by atoms with Crippen LogP contribution >= 0.6 is 0 Å². The molecule has 2 aliphatic heterocycles. The molecule has 2 heterocycles. The standard InChI is InChI=1S/C20H28N2O3/c1-13(2)18-17-5-4-16(20(24)25-3)12-15(17)8-11-22(18)19(23)14-6-9-21-10-7-14/h4-5,12-14,18,21H,6-11H2,1-3H3. The molecule has 25 heavy (non-hydrogen) atoms. The number of carbonyl (C=O) groups excluding carboxylic acids is 2. The van der Waals surface area contributed by atoms with Crippen molar-refractivity contribution in [3.05, 3.63) is 34.9 Å². The molecule has 1 atom stereocenters. The van der Waals surface area contributed by atoms with E-state index in [9.17, 15) is 9.59 Å². The van der Waals surface area contributed by atoms with E-state index in [4.69, 9.17) is 4.74 Å². The Labute approximate surface area is 149 Å². The van der Waals surface area contributed by atoms with Gasteiger partial charge in [-0.3, -0.25) is 4.79 Å². The van der Waals surface area contributed by atoms with Gasteiger partial charge in [0.25, 0.3) is 0 Å². The fourth-order valence-electron chi connectivity index (χ4n) is 4.17. The fourth-order valence-corrected chi connectivity index (χ4v) is 4.17. The Bertz CT molecular complexity index is 650. The van der Waals surface area contributed by atoms with Crippen LogP contribution in [0.3, 0.4) is 0 Å². The Morgan fingerprint density at radius 3 is 2.60 bits per heavy atom. The van der Waals surface area contributed by atoms with Crippen LogP contribution in [0.2, 0.25) is 0 Å². The highest BCUT2D eigenvalue weighted by atomic mass is 16.5. The third-order valence-corrected chi connectivity index (χ3v) is 5.44. The maximum absolute atomic E-state index is 13.1. The molecule has 1 aromatic carbocycles. The van der Waals surface area contributed by atoms with E-state index >= 15 is 0 Å². The van der Waals surface area contributed by atoms with Gasteiger partial charge in [-0.2, -0.15) is 0 Å². The SMILES string of the molecule is COC(=O)c1ccc2c(c1)CCN(C(=O)C1CCNCC1)C2C(C)C. The predicted octanol–water partition coefficient (Wildman–Crippen LogP) is 2.55. The molecule has 0 saturated carbocycles. The van der Waals surface area contributed by atoms with E-state index < -0.39 is 0 Å². The lowest BCUT2D eigenvalue weighted by molar-refractivity contribution is -0.140. The lowest BCUT2D eigenvalue weighted by Crippen LogP contribution is -2.47. The second-order valence-corrected chi connectivity index (χ2v) is 7.40. The number of methoxy groups -OCH3 is 1. The van der Waals surface area contributed by atoms with Crippen molar-refractivity contribution in [1.82, 2.24) is 10.2 Å². The van der Waals surface area contributed by atoms with E-state index in [0.29, 0.717) is 17.4 Å². The highest BCUT2D eigenvalue weighted by molar-refractivity contribution is 5.89. The van der Waals surface area contributed by atoms with Crippen molar-refractivity contribution in [1.29, 1.82) is 0 Å². The molecular weight excluding hydrogens is 316 g/mol. The third-order valence-electron chi connectivity index (χ3n) is 5.44. The average molecular weight is 344 g/mol. The average Bonchev–Trinajstić information content (AvgIpc) is 2.65. The first-order valence-corrected chi connectivity index (χ1v) is 9.25. The van der Waals surface area contributed by atoms with Crippen molar-refractivity contribution in [2.75, 3.05) is 26.7 Å². The molecule has 0 spiro atoms. The number of carbonyl (C=O) groups is 2. The number of nitrogens with one attached hydrogen (secondary N) is 1. The van der Waals surface area contributed by atoms with Crippen LogP contribution in [0.4, 0.5) is 0 Å². The van der Waals surface area contributed by atoms with Crippen LogP contribution in [0.25, 0.3) is 0 Å². The molecule has 0 radical (unpaired) electrons. The summed E-state index contributed by atoms with van der Waals surface area (Å²) in [6.07, 6.45) is 2.64. The van der Waals surface area contributed by atoms with Crippen LogP contribution in [-0.2, 0) is 16.0 Å². The molecule has 0 aromatic heterocycles. The second-order valence-electron chi connectivity index (χ2n) is 7.40. The zero-order valence-corrected chi connectivity index (χ0v) is 15.4. The number of amides is 1. The van der Waals surface area contributed by atoms with Crippen LogP contribution < -0.4 is 5.32 Å². The molecule has 1 unspecified atom stereocenters. The molecule has 1 aromatic rings. The molecule has 0 bridgehead atoms. The fraction of sp³-hybridized carbons (Fsp3) is 0.600. The van der Waals surface area contributed by atoms with Crippen LogP contribution in [0, 0.1) is 11.8 Å². The molecule has 5 nitrogen and oxygen atoms in total. The summed E-state index contributed by atoms with van der Waals surface area (Å²) in [6.45, 7) is 6.90. The number of rotatable bonds is 3. The number of hydrogen-bond acceptors (Lipinski definition) is 4. The number of fused-ring (bicyclic) bond motifs is 1. The van der Waals surface area contributed by atoms with E-state index in [1.807, 2.05) is 18.2 Å². The first kappa shape index (κ1) is 17.9. The summed E-state index contributed by atoms with van der Waals surface area (Å²) >= 11 is 0. The summed E-state index contributed by atoms with van der Waals surface area (Å²) < 4.78 is 4.83. The maximum atomic E-state index is 13.1. The van der Waals surface area contributed by atoms with Crippen LogP contribution in [0.1, 0.15) is 54.2 Å². The molecule has 3 rings (SSSR count).